The molecule has 0 unspecified atom stereocenters. The Bertz CT molecular complexity index is 579. The fourth-order valence-corrected chi connectivity index (χ4v) is 2.96. The lowest BCUT2D eigenvalue weighted by atomic mass is 9.80. The van der Waals surface area contributed by atoms with Crippen molar-refractivity contribution >= 4 is 5.97 Å². The molecule has 0 aliphatic carbocycles. The first kappa shape index (κ1) is 23.4. The van der Waals surface area contributed by atoms with Gasteiger partial charge in [-0.1, -0.05) is 64.1 Å². The number of carbonyl (C=O) groups is 1. The summed E-state index contributed by atoms with van der Waals surface area (Å²) in [4.78, 5) is 11.8. The van der Waals surface area contributed by atoms with Gasteiger partial charge in [0.2, 0.25) is 0 Å². The van der Waals surface area contributed by atoms with Crippen LogP contribution in [-0.2, 0) is 25.6 Å². The van der Waals surface area contributed by atoms with Crippen molar-refractivity contribution < 1.29 is 19.0 Å². The van der Waals surface area contributed by atoms with Crippen molar-refractivity contribution in [1.29, 1.82) is 0 Å². The number of esters is 1. The molecule has 1 rings (SSSR count). The van der Waals surface area contributed by atoms with Crippen LogP contribution >= 0.6 is 0 Å². The highest BCUT2D eigenvalue weighted by Gasteiger charge is 2.30. The van der Waals surface area contributed by atoms with E-state index in [9.17, 15) is 4.79 Å². The Morgan fingerprint density at radius 1 is 1.07 bits per heavy atom. The number of allylic oxidation sites excluding steroid dienone is 1. The van der Waals surface area contributed by atoms with Crippen LogP contribution in [0.1, 0.15) is 60.5 Å². The third-order valence-corrected chi connectivity index (χ3v) is 3.98. The van der Waals surface area contributed by atoms with Gasteiger partial charge in [0.15, 0.2) is 0 Å². The molecule has 27 heavy (non-hydrogen) atoms. The van der Waals surface area contributed by atoms with Crippen LogP contribution in [0, 0.1) is 11.3 Å². The van der Waals surface area contributed by atoms with Gasteiger partial charge < -0.3 is 14.2 Å². The van der Waals surface area contributed by atoms with E-state index in [2.05, 4.69) is 27.7 Å². The van der Waals surface area contributed by atoms with Crippen molar-refractivity contribution in [3.05, 3.63) is 48.0 Å². The van der Waals surface area contributed by atoms with E-state index in [4.69, 9.17) is 14.2 Å². The Labute approximate surface area is 164 Å². The number of ether oxygens (including phenoxy) is 3. The van der Waals surface area contributed by atoms with E-state index in [1.807, 2.05) is 57.2 Å². The van der Waals surface area contributed by atoms with Crippen LogP contribution in [-0.4, -0.2) is 24.5 Å². The standard InChI is InChI=1S/C23H36O4/c1-18(12-11-15-20(24)27-23(5,6)7)21(22(2,3)4)26-17-25-16-19-13-9-8-10-14-19/h8-11,13-15,18,21H,12,16-17H2,1-7H3/b15-11+/t18-,21-/m0/s1. The summed E-state index contributed by atoms with van der Waals surface area (Å²) >= 11 is 0. The van der Waals surface area contributed by atoms with Crippen LogP contribution in [0.4, 0.5) is 0 Å². The molecule has 4 heteroatoms. The summed E-state index contributed by atoms with van der Waals surface area (Å²) in [7, 11) is 0. The van der Waals surface area contributed by atoms with Gasteiger partial charge >= 0.3 is 5.97 Å². The SMILES string of the molecule is C[C@@H](C/C=C/C(=O)OC(C)(C)C)[C@H](OCOCc1ccccc1)C(C)(C)C. The maximum atomic E-state index is 11.8. The second-order valence-electron chi connectivity index (χ2n) is 9.05. The number of rotatable bonds is 9. The summed E-state index contributed by atoms with van der Waals surface area (Å²) in [5.41, 5.74) is 0.622. The van der Waals surface area contributed by atoms with E-state index < -0.39 is 5.60 Å². The molecule has 0 heterocycles. The van der Waals surface area contributed by atoms with E-state index in [0.29, 0.717) is 6.61 Å². The van der Waals surface area contributed by atoms with Gasteiger partial charge in [-0.25, -0.2) is 4.79 Å². The van der Waals surface area contributed by atoms with Crippen molar-refractivity contribution in [1.82, 2.24) is 0 Å². The lowest BCUT2D eigenvalue weighted by Gasteiger charge is -2.35. The van der Waals surface area contributed by atoms with Crippen molar-refractivity contribution in [2.75, 3.05) is 6.79 Å². The third-order valence-electron chi connectivity index (χ3n) is 3.98. The molecule has 0 N–H and O–H groups in total. The smallest absolute Gasteiger partial charge is 0.330 e. The molecule has 0 spiro atoms. The maximum Gasteiger partial charge on any atom is 0.330 e. The van der Waals surface area contributed by atoms with Gasteiger partial charge in [0.05, 0.1) is 12.7 Å². The van der Waals surface area contributed by atoms with Crippen LogP contribution in [0.2, 0.25) is 0 Å². The molecular weight excluding hydrogens is 340 g/mol. The average Bonchev–Trinajstić information content (AvgIpc) is 2.52. The molecule has 152 valence electrons. The van der Waals surface area contributed by atoms with Gasteiger partial charge in [0.1, 0.15) is 12.4 Å². The first-order valence-electron chi connectivity index (χ1n) is 9.62. The van der Waals surface area contributed by atoms with Crippen LogP contribution in [0.5, 0.6) is 0 Å². The lowest BCUT2D eigenvalue weighted by Crippen LogP contribution is -2.35. The summed E-state index contributed by atoms with van der Waals surface area (Å²) in [5.74, 6) is -0.0712. The first-order chi connectivity index (χ1) is 12.5. The van der Waals surface area contributed by atoms with Crippen molar-refractivity contribution in [3.63, 3.8) is 0 Å². The van der Waals surface area contributed by atoms with E-state index in [-0.39, 0.29) is 30.2 Å². The lowest BCUT2D eigenvalue weighted by molar-refractivity contribution is -0.148. The van der Waals surface area contributed by atoms with Gasteiger partial charge in [0, 0.05) is 6.08 Å². The van der Waals surface area contributed by atoms with Crippen molar-refractivity contribution in [3.8, 4) is 0 Å². The zero-order valence-electron chi connectivity index (χ0n) is 18.0. The molecule has 4 nitrogen and oxygen atoms in total. The molecule has 0 aromatic heterocycles. The molecule has 0 aliphatic heterocycles. The Morgan fingerprint density at radius 2 is 1.70 bits per heavy atom. The minimum absolute atomic E-state index is 0.0107. The van der Waals surface area contributed by atoms with Crippen LogP contribution in [0.15, 0.2) is 42.5 Å². The van der Waals surface area contributed by atoms with Crippen LogP contribution in [0.25, 0.3) is 0 Å². The zero-order chi connectivity index (χ0) is 20.5. The van der Waals surface area contributed by atoms with E-state index >= 15 is 0 Å². The van der Waals surface area contributed by atoms with Gasteiger partial charge in [0.25, 0.3) is 0 Å². The molecule has 1 aromatic rings. The number of hydrogen-bond donors (Lipinski definition) is 0. The van der Waals surface area contributed by atoms with Gasteiger partial charge in [-0.15, -0.1) is 0 Å². The Balaban J connectivity index is 2.49. The molecule has 0 saturated carbocycles. The highest BCUT2D eigenvalue weighted by molar-refractivity contribution is 5.82. The van der Waals surface area contributed by atoms with Gasteiger partial charge in [-0.05, 0) is 44.1 Å². The predicted molar refractivity (Wildman–Crippen MR) is 109 cm³/mol. The Kier molecular flexibility index (Phi) is 9.20. The topological polar surface area (TPSA) is 44.8 Å². The van der Waals surface area contributed by atoms with Crippen molar-refractivity contribution in [2.24, 2.45) is 11.3 Å². The highest BCUT2D eigenvalue weighted by Crippen LogP contribution is 2.30. The van der Waals surface area contributed by atoms with E-state index in [0.717, 1.165) is 12.0 Å². The Hall–Kier alpha value is -1.65. The Morgan fingerprint density at radius 3 is 2.26 bits per heavy atom. The monoisotopic (exact) mass is 376 g/mol. The molecule has 2 atom stereocenters. The van der Waals surface area contributed by atoms with E-state index in [1.165, 1.54) is 6.08 Å². The minimum atomic E-state index is -0.472. The van der Waals surface area contributed by atoms with Crippen LogP contribution in [0.3, 0.4) is 0 Å². The van der Waals surface area contributed by atoms with Crippen molar-refractivity contribution in [2.45, 2.75) is 73.2 Å². The second-order valence-corrected chi connectivity index (χ2v) is 9.05. The number of carbonyl (C=O) groups excluding carboxylic acids is 1. The van der Waals surface area contributed by atoms with E-state index in [1.54, 1.807) is 0 Å². The zero-order valence-corrected chi connectivity index (χ0v) is 18.0. The molecule has 0 bridgehead atoms. The maximum absolute atomic E-state index is 11.8. The molecular formula is C23H36O4. The summed E-state index contributed by atoms with van der Waals surface area (Å²) in [5, 5.41) is 0. The molecule has 0 saturated heterocycles. The largest absolute Gasteiger partial charge is 0.457 e. The fraction of sp³-hybridized carbons (Fsp3) is 0.609. The fourth-order valence-electron chi connectivity index (χ4n) is 2.96. The number of hydrogen-bond acceptors (Lipinski definition) is 4. The summed E-state index contributed by atoms with van der Waals surface area (Å²) < 4.78 is 17.0. The quantitative estimate of drug-likeness (QED) is 0.246. The normalized spacial score (nSPS) is 14.9. The molecule has 0 aliphatic rings. The highest BCUT2D eigenvalue weighted by atomic mass is 16.7. The summed E-state index contributed by atoms with van der Waals surface area (Å²) in [6, 6.07) is 10.0. The second kappa shape index (κ2) is 10.6. The third kappa shape index (κ3) is 10.3. The van der Waals surface area contributed by atoms with Gasteiger partial charge in [-0.3, -0.25) is 0 Å². The summed E-state index contributed by atoms with van der Waals surface area (Å²) in [6.07, 6.45) is 4.12. The number of benzene rings is 1. The molecule has 1 aromatic carbocycles. The predicted octanol–water partition coefficient (Wildman–Crippen LogP) is 5.52. The average molecular weight is 377 g/mol. The first-order valence-corrected chi connectivity index (χ1v) is 9.62. The molecule has 0 fully saturated rings. The molecule has 0 amide bonds. The molecule has 0 radical (unpaired) electrons. The van der Waals surface area contributed by atoms with Crippen LogP contribution < -0.4 is 0 Å². The van der Waals surface area contributed by atoms with Gasteiger partial charge in [-0.2, -0.15) is 0 Å². The minimum Gasteiger partial charge on any atom is -0.457 e. The summed E-state index contributed by atoms with van der Waals surface area (Å²) in [6.45, 7) is 15.0.